The first kappa shape index (κ1) is 21.2. The van der Waals surface area contributed by atoms with E-state index in [2.05, 4.69) is 15.2 Å². The number of aryl methyl sites for hydroxylation is 3. The maximum absolute atomic E-state index is 13.3. The number of rotatable bonds is 9. The molecule has 0 spiro atoms. The molecule has 1 aromatic carbocycles. The van der Waals surface area contributed by atoms with Crippen LogP contribution >= 0.6 is 0 Å². The average molecular weight is 420 g/mol. The summed E-state index contributed by atoms with van der Waals surface area (Å²) in [6.07, 6.45) is 4.89. The van der Waals surface area contributed by atoms with Crippen LogP contribution in [0.4, 0.5) is 4.39 Å². The van der Waals surface area contributed by atoms with Crippen molar-refractivity contribution in [1.29, 1.82) is 0 Å². The second kappa shape index (κ2) is 8.87. The van der Waals surface area contributed by atoms with Crippen LogP contribution in [0.1, 0.15) is 30.8 Å². The normalized spacial score (nSPS) is 12.0. The van der Waals surface area contributed by atoms with E-state index in [0.717, 1.165) is 42.6 Å². The van der Waals surface area contributed by atoms with Crippen LogP contribution in [0.15, 0.2) is 41.6 Å². The second-order valence-electron chi connectivity index (χ2n) is 7.16. The Labute approximate surface area is 170 Å². The first-order valence-corrected chi connectivity index (χ1v) is 11.0. The van der Waals surface area contributed by atoms with E-state index in [1.54, 1.807) is 31.7 Å². The molecule has 0 radical (unpaired) electrons. The standard InChI is InChI=1S/C20H26FN5O2S/c1-15-22-20(14-25(15)2)29(27,28)26(3)11-6-4-5-10-18-13-19(24-23-18)16-8-7-9-17(21)12-16/h7-9,12-14H,4-6,10-11H2,1-3H3,(H,23,24). The van der Waals surface area contributed by atoms with Crippen LogP contribution in [0.2, 0.25) is 0 Å². The molecule has 0 bridgehead atoms. The predicted molar refractivity (Wildman–Crippen MR) is 109 cm³/mol. The highest BCUT2D eigenvalue weighted by Crippen LogP contribution is 2.19. The topological polar surface area (TPSA) is 83.9 Å². The summed E-state index contributed by atoms with van der Waals surface area (Å²) in [6.45, 7) is 2.21. The summed E-state index contributed by atoms with van der Waals surface area (Å²) in [4.78, 5) is 4.12. The van der Waals surface area contributed by atoms with E-state index in [1.165, 1.54) is 22.6 Å². The van der Waals surface area contributed by atoms with Gasteiger partial charge in [-0.3, -0.25) is 5.10 Å². The lowest BCUT2D eigenvalue weighted by Gasteiger charge is -2.15. The molecule has 7 nitrogen and oxygen atoms in total. The van der Waals surface area contributed by atoms with Crippen LogP contribution in [0, 0.1) is 12.7 Å². The number of sulfonamides is 1. The molecule has 0 aliphatic carbocycles. The van der Waals surface area contributed by atoms with Crippen molar-refractivity contribution in [2.45, 2.75) is 37.6 Å². The van der Waals surface area contributed by atoms with Crippen molar-refractivity contribution in [1.82, 2.24) is 24.1 Å². The van der Waals surface area contributed by atoms with Crippen LogP contribution in [0.3, 0.4) is 0 Å². The van der Waals surface area contributed by atoms with E-state index >= 15 is 0 Å². The van der Waals surface area contributed by atoms with Gasteiger partial charge < -0.3 is 4.57 Å². The van der Waals surface area contributed by atoms with E-state index < -0.39 is 10.0 Å². The Morgan fingerprint density at radius 2 is 2.00 bits per heavy atom. The summed E-state index contributed by atoms with van der Waals surface area (Å²) in [6, 6.07) is 8.27. The molecule has 2 heterocycles. The first-order valence-electron chi connectivity index (χ1n) is 9.54. The number of imidazole rings is 1. The molecule has 0 aliphatic heterocycles. The highest BCUT2D eigenvalue weighted by Gasteiger charge is 2.23. The summed E-state index contributed by atoms with van der Waals surface area (Å²) < 4.78 is 41.5. The molecule has 2 aromatic heterocycles. The number of H-pyrrole nitrogens is 1. The summed E-state index contributed by atoms with van der Waals surface area (Å²) in [5.41, 5.74) is 2.44. The van der Waals surface area contributed by atoms with Crippen molar-refractivity contribution >= 4 is 10.0 Å². The molecule has 0 saturated heterocycles. The van der Waals surface area contributed by atoms with Gasteiger partial charge in [-0.1, -0.05) is 18.6 Å². The zero-order chi connectivity index (χ0) is 21.0. The molecule has 0 atom stereocenters. The number of benzene rings is 1. The fourth-order valence-corrected chi connectivity index (χ4v) is 4.27. The molecule has 156 valence electrons. The van der Waals surface area contributed by atoms with Gasteiger partial charge in [0.25, 0.3) is 10.0 Å². The summed E-state index contributed by atoms with van der Waals surface area (Å²) in [7, 11) is -0.199. The Balaban J connectivity index is 1.45. The molecule has 3 rings (SSSR count). The van der Waals surface area contributed by atoms with Gasteiger partial charge in [-0.05, 0) is 44.4 Å². The van der Waals surface area contributed by atoms with E-state index in [-0.39, 0.29) is 10.8 Å². The lowest BCUT2D eigenvalue weighted by atomic mass is 10.1. The third-order valence-electron chi connectivity index (χ3n) is 4.93. The largest absolute Gasteiger partial charge is 0.337 e. The minimum atomic E-state index is -3.56. The maximum atomic E-state index is 13.3. The Kier molecular flexibility index (Phi) is 6.49. The van der Waals surface area contributed by atoms with E-state index in [4.69, 9.17) is 0 Å². The molecule has 0 aliphatic rings. The van der Waals surface area contributed by atoms with Crippen LogP contribution < -0.4 is 0 Å². The van der Waals surface area contributed by atoms with Crippen LogP contribution in [-0.2, 0) is 23.5 Å². The smallest absolute Gasteiger partial charge is 0.261 e. The fourth-order valence-electron chi connectivity index (χ4n) is 3.04. The third kappa shape index (κ3) is 5.10. The van der Waals surface area contributed by atoms with Gasteiger partial charge in [0, 0.05) is 38.1 Å². The molecule has 3 aromatic rings. The first-order chi connectivity index (χ1) is 13.8. The number of nitrogens with zero attached hydrogens (tertiary/aromatic N) is 4. The van der Waals surface area contributed by atoms with Crippen molar-refractivity contribution < 1.29 is 12.8 Å². The number of nitrogens with one attached hydrogen (secondary N) is 1. The SMILES string of the molecule is Cc1nc(S(=O)(=O)N(C)CCCCCc2cc(-c3cccc(F)c3)n[nH]2)cn1C. The van der Waals surface area contributed by atoms with Crippen molar-refractivity contribution in [3.05, 3.63) is 53.9 Å². The lowest BCUT2D eigenvalue weighted by Crippen LogP contribution is -2.28. The molecule has 29 heavy (non-hydrogen) atoms. The van der Waals surface area contributed by atoms with Crippen molar-refractivity contribution in [3.8, 4) is 11.3 Å². The number of unbranched alkanes of at least 4 members (excludes halogenated alkanes) is 2. The van der Waals surface area contributed by atoms with Gasteiger partial charge >= 0.3 is 0 Å². The average Bonchev–Trinajstić information content (AvgIpc) is 3.28. The Morgan fingerprint density at radius 1 is 1.21 bits per heavy atom. The molecular weight excluding hydrogens is 393 g/mol. The van der Waals surface area contributed by atoms with Crippen LogP contribution in [0.5, 0.6) is 0 Å². The fraction of sp³-hybridized carbons (Fsp3) is 0.400. The van der Waals surface area contributed by atoms with Gasteiger partial charge in [0.2, 0.25) is 0 Å². The number of aromatic nitrogens is 4. The molecular formula is C20H26FN5O2S. The summed E-state index contributed by atoms with van der Waals surface area (Å²) in [5, 5.41) is 7.31. The Bertz CT molecular complexity index is 1050. The molecule has 9 heteroatoms. The van der Waals surface area contributed by atoms with Gasteiger partial charge in [0.05, 0.1) is 5.69 Å². The zero-order valence-electron chi connectivity index (χ0n) is 16.9. The molecule has 0 fully saturated rings. The highest BCUT2D eigenvalue weighted by molar-refractivity contribution is 7.89. The molecule has 1 N–H and O–H groups in total. The monoisotopic (exact) mass is 419 g/mol. The number of hydrogen-bond donors (Lipinski definition) is 1. The van der Waals surface area contributed by atoms with Gasteiger partial charge in [0.15, 0.2) is 5.03 Å². The minimum absolute atomic E-state index is 0.0855. The predicted octanol–water partition coefficient (Wildman–Crippen LogP) is 3.29. The third-order valence-corrected chi connectivity index (χ3v) is 6.66. The van der Waals surface area contributed by atoms with Crippen molar-refractivity contribution in [3.63, 3.8) is 0 Å². The maximum Gasteiger partial charge on any atom is 0.261 e. The van der Waals surface area contributed by atoms with E-state index in [0.29, 0.717) is 12.4 Å². The van der Waals surface area contributed by atoms with Gasteiger partial charge in [0.1, 0.15) is 11.6 Å². The number of hydrogen-bond acceptors (Lipinski definition) is 4. The number of halogens is 1. The summed E-state index contributed by atoms with van der Waals surface area (Å²) >= 11 is 0. The molecule has 0 amide bonds. The van der Waals surface area contributed by atoms with Gasteiger partial charge in [-0.15, -0.1) is 0 Å². The summed E-state index contributed by atoms with van der Waals surface area (Å²) in [5.74, 6) is 0.376. The van der Waals surface area contributed by atoms with Crippen molar-refractivity contribution in [2.75, 3.05) is 13.6 Å². The Hall–Kier alpha value is -2.52. The zero-order valence-corrected chi connectivity index (χ0v) is 17.7. The van der Waals surface area contributed by atoms with Crippen LogP contribution in [-0.4, -0.2) is 46.1 Å². The van der Waals surface area contributed by atoms with E-state index in [1.807, 2.05) is 12.1 Å². The molecule has 0 saturated carbocycles. The second-order valence-corrected chi connectivity index (χ2v) is 9.16. The number of aromatic amines is 1. The van der Waals surface area contributed by atoms with Crippen LogP contribution in [0.25, 0.3) is 11.3 Å². The molecule has 0 unspecified atom stereocenters. The van der Waals surface area contributed by atoms with E-state index in [9.17, 15) is 12.8 Å². The Morgan fingerprint density at radius 3 is 2.69 bits per heavy atom. The highest BCUT2D eigenvalue weighted by atomic mass is 32.2. The van der Waals surface area contributed by atoms with Gasteiger partial charge in [-0.25, -0.2) is 17.8 Å². The minimum Gasteiger partial charge on any atom is -0.337 e. The van der Waals surface area contributed by atoms with Crippen molar-refractivity contribution in [2.24, 2.45) is 7.05 Å². The lowest BCUT2D eigenvalue weighted by molar-refractivity contribution is 0.449. The van der Waals surface area contributed by atoms with Gasteiger partial charge in [-0.2, -0.15) is 9.40 Å². The quantitative estimate of drug-likeness (QED) is 0.540.